The molecule has 4 nitrogen and oxygen atoms in total. The summed E-state index contributed by atoms with van der Waals surface area (Å²) in [6.45, 7) is 0.516. The van der Waals surface area contributed by atoms with Crippen molar-refractivity contribution >= 4 is 0 Å². The molecule has 0 amide bonds. The van der Waals surface area contributed by atoms with Crippen LogP contribution in [0.4, 0.5) is 0 Å². The number of rotatable bonds is 5. The molecule has 21 heavy (non-hydrogen) atoms. The molecule has 2 heterocycles. The van der Waals surface area contributed by atoms with E-state index >= 15 is 0 Å². The SMILES string of the molecule is N#Cc1ccc(CNC(c2ccccc2)c2ccco2)o1. The second kappa shape index (κ2) is 6.12. The molecule has 0 aliphatic rings. The Kier molecular flexibility index (Phi) is 3.85. The lowest BCUT2D eigenvalue weighted by Crippen LogP contribution is -2.21. The smallest absolute Gasteiger partial charge is 0.203 e. The molecule has 3 rings (SSSR count). The van der Waals surface area contributed by atoms with Crippen molar-refractivity contribution in [1.29, 1.82) is 5.26 Å². The lowest BCUT2D eigenvalue weighted by atomic mass is 10.0. The van der Waals surface area contributed by atoms with Crippen molar-refractivity contribution in [1.82, 2.24) is 5.32 Å². The summed E-state index contributed by atoms with van der Waals surface area (Å²) < 4.78 is 10.9. The van der Waals surface area contributed by atoms with Gasteiger partial charge >= 0.3 is 0 Å². The van der Waals surface area contributed by atoms with Crippen LogP contribution >= 0.6 is 0 Å². The molecule has 1 unspecified atom stereocenters. The Balaban J connectivity index is 1.79. The summed E-state index contributed by atoms with van der Waals surface area (Å²) in [5.41, 5.74) is 1.11. The maximum absolute atomic E-state index is 8.78. The Morgan fingerprint density at radius 1 is 1.05 bits per heavy atom. The summed E-state index contributed by atoms with van der Waals surface area (Å²) in [5, 5.41) is 12.2. The van der Waals surface area contributed by atoms with Crippen molar-refractivity contribution in [3.63, 3.8) is 0 Å². The molecule has 0 bridgehead atoms. The zero-order chi connectivity index (χ0) is 14.5. The molecular formula is C17H14N2O2. The van der Waals surface area contributed by atoms with Crippen LogP contribution < -0.4 is 5.32 Å². The monoisotopic (exact) mass is 278 g/mol. The highest BCUT2D eigenvalue weighted by Crippen LogP contribution is 2.23. The number of benzene rings is 1. The molecule has 0 saturated heterocycles. The minimum atomic E-state index is -0.0585. The number of nitriles is 1. The van der Waals surface area contributed by atoms with Crippen LogP contribution in [0, 0.1) is 11.3 Å². The van der Waals surface area contributed by atoms with Crippen LogP contribution in [0.3, 0.4) is 0 Å². The maximum Gasteiger partial charge on any atom is 0.203 e. The molecule has 1 aromatic carbocycles. The summed E-state index contributed by atoms with van der Waals surface area (Å²) in [7, 11) is 0. The van der Waals surface area contributed by atoms with Crippen LogP contribution in [-0.2, 0) is 6.54 Å². The molecule has 2 aromatic heterocycles. The lowest BCUT2D eigenvalue weighted by molar-refractivity contribution is 0.417. The van der Waals surface area contributed by atoms with Gasteiger partial charge in [0.2, 0.25) is 5.76 Å². The summed E-state index contributed by atoms with van der Waals surface area (Å²) in [6, 6.07) is 19.3. The van der Waals surface area contributed by atoms with Crippen molar-refractivity contribution in [2.24, 2.45) is 0 Å². The van der Waals surface area contributed by atoms with Crippen molar-refractivity contribution in [3.8, 4) is 6.07 Å². The van der Waals surface area contributed by atoms with E-state index in [0.29, 0.717) is 12.3 Å². The van der Waals surface area contributed by atoms with E-state index in [1.165, 1.54) is 0 Å². The molecule has 1 atom stereocenters. The van der Waals surface area contributed by atoms with Gasteiger partial charge < -0.3 is 8.83 Å². The third kappa shape index (κ3) is 3.04. The van der Waals surface area contributed by atoms with E-state index in [1.807, 2.05) is 48.5 Å². The number of hydrogen-bond acceptors (Lipinski definition) is 4. The van der Waals surface area contributed by atoms with Gasteiger partial charge in [0.15, 0.2) is 0 Å². The van der Waals surface area contributed by atoms with E-state index in [4.69, 9.17) is 14.1 Å². The summed E-state index contributed by atoms with van der Waals surface area (Å²) >= 11 is 0. The topological polar surface area (TPSA) is 62.1 Å². The van der Waals surface area contributed by atoms with Gasteiger partial charge in [-0.3, -0.25) is 5.32 Å². The highest BCUT2D eigenvalue weighted by Gasteiger charge is 2.16. The second-order valence-electron chi connectivity index (χ2n) is 4.62. The number of nitrogens with zero attached hydrogens (tertiary/aromatic N) is 1. The Bertz CT molecular complexity index is 724. The average molecular weight is 278 g/mol. The number of nitrogens with one attached hydrogen (secondary N) is 1. The fourth-order valence-corrected chi connectivity index (χ4v) is 2.22. The van der Waals surface area contributed by atoms with Gasteiger partial charge in [0.1, 0.15) is 17.6 Å². The minimum absolute atomic E-state index is 0.0585. The molecule has 3 aromatic rings. The van der Waals surface area contributed by atoms with E-state index in [2.05, 4.69) is 5.32 Å². The maximum atomic E-state index is 8.78. The third-order valence-electron chi connectivity index (χ3n) is 3.21. The normalized spacial score (nSPS) is 12.0. The third-order valence-corrected chi connectivity index (χ3v) is 3.21. The van der Waals surface area contributed by atoms with Crippen molar-refractivity contribution in [2.45, 2.75) is 12.6 Å². The van der Waals surface area contributed by atoms with Crippen LogP contribution in [0.1, 0.15) is 28.9 Å². The molecule has 0 saturated carbocycles. The van der Waals surface area contributed by atoms with E-state index in [9.17, 15) is 0 Å². The standard InChI is InChI=1S/C17H14N2O2/c18-11-14-8-9-15(21-14)12-19-17(16-7-4-10-20-16)13-5-2-1-3-6-13/h1-10,17,19H,12H2. The van der Waals surface area contributed by atoms with Crippen LogP contribution in [-0.4, -0.2) is 0 Å². The van der Waals surface area contributed by atoms with Gasteiger partial charge in [0.05, 0.1) is 18.8 Å². The molecular weight excluding hydrogens is 264 g/mol. The largest absolute Gasteiger partial charge is 0.467 e. The Labute approximate surface area is 122 Å². The Hall–Kier alpha value is -2.77. The highest BCUT2D eigenvalue weighted by atomic mass is 16.3. The molecule has 104 valence electrons. The molecule has 0 radical (unpaired) electrons. The van der Waals surface area contributed by atoms with Gasteiger partial charge in [0, 0.05) is 0 Å². The highest BCUT2D eigenvalue weighted by molar-refractivity contribution is 5.26. The first-order valence-electron chi connectivity index (χ1n) is 6.67. The molecule has 0 aliphatic heterocycles. The first kappa shape index (κ1) is 13.2. The minimum Gasteiger partial charge on any atom is -0.467 e. The first-order valence-corrected chi connectivity index (χ1v) is 6.67. The van der Waals surface area contributed by atoms with Crippen LogP contribution in [0.25, 0.3) is 0 Å². The van der Waals surface area contributed by atoms with E-state index in [0.717, 1.165) is 17.1 Å². The van der Waals surface area contributed by atoms with Crippen molar-refractivity contribution in [2.75, 3.05) is 0 Å². The summed E-state index contributed by atoms with van der Waals surface area (Å²) in [6.07, 6.45) is 1.66. The van der Waals surface area contributed by atoms with Gasteiger partial charge in [-0.05, 0) is 29.8 Å². The fourth-order valence-electron chi connectivity index (χ4n) is 2.22. The first-order chi connectivity index (χ1) is 10.4. The van der Waals surface area contributed by atoms with Crippen LogP contribution in [0.2, 0.25) is 0 Å². The second-order valence-corrected chi connectivity index (χ2v) is 4.62. The molecule has 4 heteroatoms. The van der Waals surface area contributed by atoms with Gasteiger partial charge in [-0.15, -0.1) is 0 Å². The van der Waals surface area contributed by atoms with Crippen LogP contribution in [0.5, 0.6) is 0 Å². The van der Waals surface area contributed by atoms with Gasteiger partial charge in [-0.25, -0.2) is 0 Å². The molecule has 0 fully saturated rings. The van der Waals surface area contributed by atoms with Gasteiger partial charge in [-0.1, -0.05) is 30.3 Å². The van der Waals surface area contributed by atoms with E-state index < -0.39 is 0 Å². The van der Waals surface area contributed by atoms with E-state index in [1.54, 1.807) is 18.4 Å². The van der Waals surface area contributed by atoms with Gasteiger partial charge in [0.25, 0.3) is 0 Å². The Morgan fingerprint density at radius 3 is 2.57 bits per heavy atom. The summed E-state index contributed by atoms with van der Waals surface area (Å²) in [4.78, 5) is 0. The fraction of sp³-hybridized carbons (Fsp3) is 0.118. The number of furan rings is 2. The molecule has 0 spiro atoms. The van der Waals surface area contributed by atoms with Crippen LogP contribution in [0.15, 0.2) is 69.7 Å². The summed E-state index contributed by atoms with van der Waals surface area (Å²) in [5.74, 6) is 1.88. The van der Waals surface area contributed by atoms with Crippen molar-refractivity contribution < 1.29 is 8.83 Å². The lowest BCUT2D eigenvalue weighted by Gasteiger charge is -2.16. The predicted octanol–water partition coefficient (Wildman–Crippen LogP) is 3.62. The zero-order valence-corrected chi connectivity index (χ0v) is 11.3. The molecule has 0 aliphatic carbocycles. The van der Waals surface area contributed by atoms with Gasteiger partial charge in [-0.2, -0.15) is 5.26 Å². The van der Waals surface area contributed by atoms with Crippen molar-refractivity contribution in [3.05, 3.63) is 83.7 Å². The quantitative estimate of drug-likeness (QED) is 0.774. The zero-order valence-electron chi connectivity index (χ0n) is 11.3. The predicted molar refractivity (Wildman–Crippen MR) is 77.3 cm³/mol. The molecule has 1 N–H and O–H groups in total. The number of hydrogen-bond donors (Lipinski definition) is 1. The average Bonchev–Trinajstić information content (AvgIpc) is 3.20. The van der Waals surface area contributed by atoms with E-state index in [-0.39, 0.29) is 6.04 Å². The Morgan fingerprint density at radius 2 is 1.90 bits per heavy atom.